The third kappa shape index (κ3) is 4.24. The molecule has 2 N–H and O–H groups in total. The van der Waals surface area contributed by atoms with Gasteiger partial charge < -0.3 is 24.6 Å². The Balaban J connectivity index is 1.68. The summed E-state index contributed by atoms with van der Waals surface area (Å²) in [5.41, 5.74) is 0.607. The van der Waals surface area contributed by atoms with Gasteiger partial charge in [0.25, 0.3) is 5.91 Å². The van der Waals surface area contributed by atoms with Crippen LogP contribution in [0.2, 0.25) is 0 Å². The third-order valence-electron chi connectivity index (χ3n) is 4.57. The summed E-state index contributed by atoms with van der Waals surface area (Å²) in [5.74, 6) is -1.14. The Morgan fingerprint density at radius 1 is 1.00 bits per heavy atom. The van der Waals surface area contributed by atoms with E-state index in [2.05, 4.69) is 0 Å². The van der Waals surface area contributed by atoms with Gasteiger partial charge in [-0.25, -0.2) is 4.79 Å². The number of nitrogens with zero attached hydrogens (tertiary/aromatic N) is 1. The molecule has 0 aliphatic heterocycles. The number of rotatable bonds is 6. The van der Waals surface area contributed by atoms with Gasteiger partial charge in [-0.2, -0.15) is 0 Å². The number of aromatic hydroxyl groups is 2. The number of fused-ring (bicyclic) bond motifs is 1. The van der Waals surface area contributed by atoms with Gasteiger partial charge in [-0.05, 0) is 12.1 Å². The highest BCUT2D eigenvalue weighted by Crippen LogP contribution is 2.35. The van der Waals surface area contributed by atoms with Crippen LogP contribution in [0.3, 0.4) is 0 Å². The molecule has 0 spiro atoms. The molecule has 0 saturated carbocycles. The first kappa shape index (κ1) is 20.0. The monoisotopic (exact) mass is 395 g/mol. The molecule has 0 fully saturated rings. The van der Waals surface area contributed by atoms with Crippen LogP contribution < -0.4 is 4.74 Å². The lowest BCUT2D eigenvalue weighted by atomic mass is 10.0. The van der Waals surface area contributed by atoms with E-state index in [-0.39, 0.29) is 23.6 Å². The van der Waals surface area contributed by atoms with Crippen molar-refractivity contribution in [3.63, 3.8) is 0 Å². The molecule has 150 valence electrons. The van der Waals surface area contributed by atoms with Gasteiger partial charge in [0.15, 0.2) is 6.61 Å². The quantitative estimate of drug-likeness (QED) is 0.492. The van der Waals surface area contributed by atoms with Crippen molar-refractivity contribution >= 4 is 22.6 Å². The molecular weight excluding hydrogens is 374 g/mol. The average molecular weight is 395 g/mol. The molecule has 0 atom stereocenters. The topological polar surface area (TPSA) is 96.3 Å². The molecule has 0 unspecified atom stereocenters. The number of amides is 1. The molecular formula is C22H21NO6. The van der Waals surface area contributed by atoms with E-state index in [4.69, 9.17) is 9.47 Å². The summed E-state index contributed by atoms with van der Waals surface area (Å²) < 4.78 is 10.3. The van der Waals surface area contributed by atoms with Gasteiger partial charge in [0, 0.05) is 29.9 Å². The van der Waals surface area contributed by atoms with E-state index < -0.39 is 18.5 Å². The van der Waals surface area contributed by atoms with E-state index in [9.17, 15) is 19.8 Å². The minimum Gasteiger partial charge on any atom is -0.507 e. The summed E-state index contributed by atoms with van der Waals surface area (Å²) in [6, 6.07) is 15.0. The van der Waals surface area contributed by atoms with Crippen molar-refractivity contribution in [2.45, 2.75) is 6.54 Å². The van der Waals surface area contributed by atoms with Crippen molar-refractivity contribution in [2.24, 2.45) is 0 Å². The van der Waals surface area contributed by atoms with Crippen LogP contribution in [0.1, 0.15) is 15.9 Å². The molecule has 0 aromatic heterocycles. The highest BCUT2D eigenvalue weighted by atomic mass is 16.5. The molecule has 7 nitrogen and oxygen atoms in total. The van der Waals surface area contributed by atoms with Crippen LogP contribution in [-0.2, 0) is 16.1 Å². The maximum absolute atomic E-state index is 12.4. The van der Waals surface area contributed by atoms with Gasteiger partial charge in [-0.3, -0.25) is 4.79 Å². The van der Waals surface area contributed by atoms with Gasteiger partial charge in [-0.1, -0.05) is 42.5 Å². The van der Waals surface area contributed by atoms with Crippen LogP contribution >= 0.6 is 0 Å². The molecule has 0 heterocycles. The van der Waals surface area contributed by atoms with Crippen molar-refractivity contribution in [3.05, 3.63) is 65.7 Å². The Bertz CT molecular complexity index is 1060. The zero-order valence-corrected chi connectivity index (χ0v) is 16.1. The fourth-order valence-electron chi connectivity index (χ4n) is 2.99. The van der Waals surface area contributed by atoms with E-state index in [1.807, 2.05) is 18.2 Å². The summed E-state index contributed by atoms with van der Waals surface area (Å²) in [7, 11) is 3.13. The molecule has 1 amide bonds. The SMILES string of the molecule is COc1ccccc1CN(C)C(=O)COC(=O)c1cc(O)c2ccccc2c1O. The van der Waals surface area contributed by atoms with Crippen molar-refractivity contribution in [1.82, 2.24) is 4.90 Å². The normalized spacial score (nSPS) is 10.6. The van der Waals surface area contributed by atoms with Gasteiger partial charge in [-0.15, -0.1) is 0 Å². The number of benzene rings is 3. The molecule has 0 saturated heterocycles. The van der Waals surface area contributed by atoms with Crippen molar-refractivity contribution in [3.8, 4) is 17.2 Å². The van der Waals surface area contributed by atoms with Crippen LogP contribution in [0.15, 0.2) is 54.6 Å². The van der Waals surface area contributed by atoms with Crippen molar-refractivity contribution < 1.29 is 29.3 Å². The number of carbonyl (C=O) groups excluding carboxylic acids is 2. The van der Waals surface area contributed by atoms with E-state index >= 15 is 0 Å². The standard InChI is InChI=1S/C22H21NO6/c1-23(12-14-7-3-6-10-19(14)28-2)20(25)13-29-22(27)17-11-18(24)15-8-4-5-9-16(15)21(17)26/h3-11,24,26H,12-13H2,1-2H3. The third-order valence-corrected chi connectivity index (χ3v) is 4.57. The molecule has 7 heteroatoms. The van der Waals surface area contributed by atoms with Crippen LogP contribution in [0.5, 0.6) is 17.2 Å². The number of hydrogen-bond acceptors (Lipinski definition) is 6. The van der Waals surface area contributed by atoms with E-state index in [0.717, 1.165) is 11.6 Å². The minimum atomic E-state index is -0.900. The predicted octanol–water partition coefficient (Wildman–Crippen LogP) is 3.08. The first-order valence-electron chi connectivity index (χ1n) is 8.89. The molecule has 0 aliphatic rings. The Kier molecular flexibility index (Phi) is 5.87. The highest BCUT2D eigenvalue weighted by molar-refractivity contribution is 6.04. The number of para-hydroxylation sites is 1. The maximum atomic E-state index is 12.4. The lowest BCUT2D eigenvalue weighted by Gasteiger charge is -2.19. The zero-order chi connectivity index (χ0) is 21.0. The second-order valence-corrected chi connectivity index (χ2v) is 6.48. The maximum Gasteiger partial charge on any atom is 0.342 e. The van der Waals surface area contributed by atoms with Crippen LogP contribution in [-0.4, -0.2) is 47.8 Å². The number of hydrogen-bond donors (Lipinski definition) is 2. The number of esters is 1. The number of methoxy groups -OCH3 is 1. The number of phenolic OH excluding ortho intramolecular Hbond substituents is 2. The summed E-state index contributed by atoms with van der Waals surface area (Å²) in [6.07, 6.45) is 0. The van der Waals surface area contributed by atoms with Crippen molar-refractivity contribution in [1.29, 1.82) is 0 Å². The molecule has 0 bridgehead atoms. The van der Waals surface area contributed by atoms with Crippen LogP contribution in [0, 0.1) is 0 Å². The molecule has 0 radical (unpaired) electrons. The summed E-state index contributed by atoms with van der Waals surface area (Å²) >= 11 is 0. The lowest BCUT2D eigenvalue weighted by molar-refractivity contribution is -0.133. The second-order valence-electron chi connectivity index (χ2n) is 6.48. The van der Waals surface area contributed by atoms with Crippen LogP contribution in [0.4, 0.5) is 0 Å². The van der Waals surface area contributed by atoms with Gasteiger partial charge in [0.1, 0.15) is 22.8 Å². The fraction of sp³-hybridized carbons (Fsp3) is 0.182. The van der Waals surface area contributed by atoms with E-state index in [1.54, 1.807) is 44.5 Å². The highest BCUT2D eigenvalue weighted by Gasteiger charge is 2.20. The number of ether oxygens (including phenoxy) is 2. The summed E-state index contributed by atoms with van der Waals surface area (Å²) in [5, 5.41) is 21.2. The van der Waals surface area contributed by atoms with Gasteiger partial charge in [0.2, 0.25) is 0 Å². The average Bonchev–Trinajstić information content (AvgIpc) is 2.74. The fourth-order valence-corrected chi connectivity index (χ4v) is 2.99. The molecule has 0 aliphatic carbocycles. The van der Waals surface area contributed by atoms with E-state index in [1.165, 1.54) is 4.90 Å². The zero-order valence-electron chi connectivity index (χ0n) is 16.1. The minimum absolute atomic E-state index is 0.162. The molecule has 3 aromatic carbocycles. The Morgan fingerprint density at radius 2 is 1.66 bits per heavy atom. The Labute approximate surface area is 167 Å². The summed E-state index contributed by atoms with van der Waals surface area (Å²) in [4.78, 5) is 26.1. The van der Waals surface area contributed by atoms with Crippen LogP contribution in [0.25, 0.3) is 10.8 Å². The summed E-state index contributed by atoms with van der Waals surface area (Å²) in [6.45, 7) is -0.222. The van der Waals surface area contributed by atoms with Gasteiger partial charge in [0.05, 0.1) is 7.11 Å². The number of carbonyl (C=O) groups is 2. The Hall–Kier alpha value is -3.74. The van der Waals surface area contributed by atoms with Gasteiger partial charge >= 0.3 is 5.97 Å². The lowest BCUT2D eigenvalue weighted by Crippen LogP contribution is -2.31. The second kappa shape index (κ2) is 8.52. The molecule has 3 aromatic rings. The van der Waals surface area contributed by atoms with Crippen molar-refractivity contribution in [2.75, 3.05) is 20.8 Å². The number of likely N-dealkylation sites (N-methyl/N-ethyl adjacent to an activating group) is 1. The first-order chi connectivity index (χ1) is 13.9. The number of phenols is 2. The molecule has 29 heavy (non-hydrogen) atoms. The Morgan fingerprint density at radius 3 is 2.38 bits per heavy atom. The predicted molar refractivity (Wildman–Crippen MR) is 107 cm³/mol. The largest absolute Gasteiger partial charge is 0.507 e. The van der Waals surface area contributed by atoms with E-state index in [0.29, 0.717) is 16.5 Å². The molecule has 3 rings (SSSR count). The smallest absolute Gasteiger partial charge is 0.342 e. The first-order valence-corrected chi connectivity index (χ1v) is 8.89.